The molecule has 31 heavy (non-hydrogen) atoms. The van der Waals surface area contributed by atoms with Gasteiger partial charge in [0.15, 0.2) is 0 Å². The maximum absolute atomic E-state index is 12.3. The summed E-state index contributed by atoms with van der Waals surface area (Å²) in [5.41, 5.74) is 5.02. The molecule has 0 bridgehead atoms. The molecule has 4 aromatic rings. The van der Waals surface area contributed by atoms with Gasteiger partial charge >= 0.3 is 0 Å². The summed E-state index contributed by atoms with van der Waals surface area (Å²) in [6.07, 6.45) is 1.69. The third kappa shape index (κ3) is 5.38. The summed E-state index contributed by atoms with van der Waals surface area (Å²) in [5, 5.41) is 7.71. The number of nitrogens with zero attached hydrogens (tertiary/aromatic N) is 3. The summed E-state index contributed by atoms with van der Waals surface area (Å²) in [4.78, 5) is 21.2. The lowest BCUT2D eigenvalue weighted by Gasteiger charge is -2.07. The molecule has 0 aliphatic rings. The minimum atomic E-state index is -0.0620. The lowest BCUT2D eigenvalue weighted by Crippen LogP contribution is -2.24. The first-order chi connectivity index (χ1) is 15.1. The van der Waals surface area contributed by atoms with Crippen LogP contribution in [0.5, 0.6) is 0 Å². The second-order valence-corrected chi connectivity index (χ2v) is 8.16. The van der Waals surface area contributed by atoms with Gasteiger partial charge in [-0.1, -0.05) is 76.6 Å². The molecule has 2 aromatic carbocycles. The zero-order chi connectivity index (χ0) is 21.6. The normalized spacial score (nSPS) is 10.8. The molecule has 0 atom stereocenters. The van der Waals surface area contributed by atoms with Crippen molar-refractivity contribution >= 4 is 17.7 Å². The van der Waals surface area contributed by atoms with Crippen LogP contribution in [-0.2, 0) is 11.3 Å². The van der Waals surface area contributed by atoms with Crippen LogP contribution >= 0.6 is 11.8 Å². The fraction of sp³-hybridized carbons (Fsp3) is 0.167. The Morgan fingerprint density at radius 2 is 1.71 bits per heavy atom. The summed E-state index contributed by atoms with van der Waals surface area (Å²) in [6.45, 7) is 4.57. The lowest BCUT2D eigenvalue weighted by atomic mass is 10.1. The van der Waals surface area contributed by atoms with Gasteiger partial charge in [-0.3, -0.25) is 4.79 Å². The van der Waals surface area contributed by atoms with Crippen LogP contribution in [-0.4, -0.2) is 26.8 Å². The van der Waals surface area contributed by atoms with Crippen molar-refractivity contribution in [3.05, 3.63) is 83.6 Å². The Kier molecular flexibility index (Phi) is 6.43. The van der Waals surface area contributed by atoms with E-state index in [1.54, 1.807) is 6.20 Å². The first kappa shape index (κ1) is 20.8. The van der Waals surface area contributed by atoms with Crippen molar-refractivity contribution in [1.82, 2.24) is 20.4 Å². The third-order valence-electron chi connectivity index (χ3n) is 4.69. The third-order valence-corrected chi connectivity index (χ3v) is 5.69. The number of benzene rings is 2. The first-order valence-electron chi connectivity index (χ1n) is 9.89. The molecule has 0 aliphatic carbocycles. The van der Waals surface area contributed by atoms with Gasteiger partial charge in [0.05, 0.1) is 11.3 Å². The summed E-state index contributed by atoms with van der Waals surface area (Å²) >= 11 is 1.34. The Bertz CT molecular complexity index is 1170. The van der Waals surface area contributed by atoms with Crippen LogP contribution in [0.4, 0.5) is 0 Å². The van der Waals surface area contributed by atoms with Crippen molar-refractivity contribution in [1.29, 1.82) is 0 Å². The molecule has 4 rings (SSSR count). The van der Waals surface area contributed by atoms with Gasteiger partial charge in [0.1, 0.15) is 5.03 Å². The molecule has 0 aliphatic heterocycles. The fourth-order valence-corrected chi connectivity index (χ4v) is 3.73. The monoisotopic (exact) mass is 430 g/mol. The summed E-state index contributed by atoms with van der Waals surface area (Å²) in [6, 6.07) is 19.7. The van der Waals surface area contributed by atoms with Crippen LogP contribution in [0.15, 0.2) is 76.4 Å². The van der Waals surface area contributed by atoms with Gasteiger partial charge in [0.2, 0.25) is 11.7 Å². The number of carbonyl (C=O) groups is 1. The molecule has 0 saturated heterocycles. The summed E-state index contributed by atoms with van der Waals surface area (Å²) < 4.78 is 5.48. The van der Waals surface area contributed by atoms with Crippen LogP contribution < -0.4 is 5.32 Å². The van der Waals surface area contributed by atoms with E-state index in [1.807, 2.05) is 74.5 Å². The van der Waals surface area contributed by atoms with E-state index in [2.05, 4.69) is 20.4 Å². The topological polar surface area (TPSA) is 80.9 Å². The van der Waals surface area contributed by atoms with Crippen molar-refractivity contribution in [2.75, 3.05) is 5.75 Å². The van der Waals surface area contributed by atoms with Gasteiger partial charge in [0.25, 0.3) is 5.89 Å². The van der Waals surface area contributed by atoms with E-state index in [0.717, 1.165) is 11.1 Å². The molecule has 7 heteroatoms. The summed E-state index contributed by atoms with van der Waals surface area (Å²) in [5.74, 6) is 1.08. The minimum absolute atomic E-state index is 0.0620. The number of aryl methyl sites for hydroxylation is 2. The number of aromatic nitrogens is 3. The smallest absolute Gasteiger partial charge is 0.260 e. The molecule has 0 radical (unpaired) electrons. The van der Waals surface area contributed by atoms with Gasteiger partial charge < -0.3 is 9.84 Å². The van der Waals surface area contributed by atoms with E-state index in [0.29, 0.717) is 28.8 Å². The quantitative estimate of drug-likeness (QED) is 0.423. The number of thioether (sulfide) groups is 1. The Hall–Kier alpha value is -3.45. The second kappa shape index (κ2) is 9.57. The van der Waals surface area contributed by atoms with Gasteiger partial charge in [-0.25, -0.2) is 4.98 Å². The highest BCUT2D eigenvalue weighted by Crippen LogP contribution is 2.29. The zero-order valence-corrected chi connectivity index (χ0v) is 18.1. The number of amides is 1. The Labute approximate surface area is 185 Å². The Morgan fingerprint density at radius 1 is 1.00 bits per heavy atom. The van der Waals surface area contributed by atoms with Crippen molar-refractivity contribution in [2.24, 2.45) is 0 Å². The molecule has 6 nitrogen and oxygen atoms in total. The number of pyridine rings is 1. The molecule has 0 fully saturated rings. The molecule has 0 unspecified atom stereocenters. The van der Waals surface area contributed by atoms with Crippen LogP contribution in [0.1, 0.15) is 16.7 Å². The first-order valence-corrected chi connectivity index (χ1v) is 10.9. The SMILES string of the molecule is Cc1ccc(CNC(=O)CSc2ncccc2-c2nc(-c3ccc(C)cc3)no2)cc1. The molecule has 156 valence electrons. The number of rotatable bonds is 7. The lowest BCUT2D eigenvalue weighted by molar-refractivity contribution is -0.118. The largest absolute Gasteiger partial charge is 0.351 e. The van der Waals surface area contributed by atoms with E-state index in [1.165, 1.54) is 22.9 Å². The fourth-order valence-electron chi connectivity index (χ4n) is 2.91. The maximum Gasteiger partial charge on any atom is 0.260 e. The van der Waals surface area contributed by atoms with Gasteiger partial charge in [-0.05, 0) is 31.5 Å². The minimum Gasteiger partial charge on any atom is -0.351 e. The van der Waals surface area contributed by atoms with Crippen LogP contribution in [0.3, 0.4) is 0 Å². The molecule has 2 aromatic heterocycles. The number of carbonyl (C=O) groups excluding carboxylic acids is 1. The molecule has 2 heterocycles. The van der Waals surface area contributed by atoms with E-state index in [4.69, 9.17) is 4.52 Å². The summed E-state index contributed by atoms with van der Waals surface area (Å²) in [7, 11) is 0. The average Bonchev–Trinajstić information content (AvgIpc) is 3.28. The van der Waals surface area contributed by atoms with Gasteiger partial charge in [-0.15, -0.1) is 0 Å². The number of hydrogen-bond acceptors (Lipinski definition) is 6. The molecule has 1 N–H and O–H groups in total. The predicted molar refractivity (Wildman–Crippen MR) is 121 cm³/mol. The van der Waals surface area contributed by atoms with Crippen molar-refractivity contribution in [2.45, 2.75) is 25.4 Å². The van der Waals surface area contributed by atoms with Crippen molar-refractivity contribution in [3.63, 3.8) is 0 Å². The highest BCUT2D eigenvalue weighted by atomic mass is 32.2. The van der Waals surface area contributed by atoms with Crippen molar-refractivity contribution in [3.8, 4) is 22.8 Å². The maximum atomic E-state index is 12.3. The van der Waals surface area contributed by atoms with E-state index >= 15 is 0 Å². The van der Waals surface area contributed by atoms with Gasteiger partial charge in [0, 0.05) is 18.3 Å². The number of hydrogen-bond donors (Lipinski definition) is 1. The molecule has 0 saturated carbocycles. The predicted octanol–water partition coefficient (Wildman–Crippen LogP) is 4.82. The Balaban J connectivity index is 1.41. The van der Waals surface area contributed by atoms with E-state index < -0.39 is 0 Å². The van der Waals surface area contributed by atoms with Gasteiger partial charge in [-0.2, -0.15) is 4.98 Å². The van der Waals surface area contributed by atoms with E-state index in [9.17, 15) is 4.79 Å². The molecular formula is C24H22N4O2S. The highest BCUT2D eigenvalue weighted by molar-refractivity contribution is 8.00. The molecular weight excluding hydrogens is 408 g/mol. The standard InChI is InChI=1S/C24H22N4O2S/c1-16-5-9-18(10-6-16)14-26-21(29)15-31-24-20(4-3-13-25-24)23-27-22(28-30-23)19-11-7-17(2)8-12-19/h3-13H,14-15H2,1-2H3,(H,26,29). The second-order valence-electron chi connectivity index (χ2n) is 7.20. The average molecular weight is 431 g/mol. The van der Waals surface area contributed by atoms with Crippen LogP contribution in [0, 0.1) is 13.8 Å². The van der Waals surface area contributed by atoms with E-state index in [-0.39, 0.29) is 11.7 Å². The zero-order valence-electron chi connectivity index (χ0n) is 17.3. The van der Waals surface area contributed by atoms with Crippen LogP contribution in [0.2, 0.25) is 0 Å². The number of nitrogens with one attached hydrogen (secondary N) is 1. The molecule has 0 spiro atoms. The van der Waals surface area contributed by atoms with Crippen molar-refractivity contribution < 1.29 is 9.32 Å². The van der Waals surface area contributed by atoms with Crippen LogP contribution in [0.25, 0.3) is 22.8 Å². The highest BCUT2D eigenvalue weighted by Gasteiger charge is 2.16. The molecule has 1 amide bonds. The Morgan fingerprint density at radius 3 is 2.45 bits per heavy atom.